The highest BCUT2D eigenvalue weighted by atomic mass is 79.9. The van der Waals surface area contributed by atoms with Gasteiger partial charge in [-0.3, -0.25) is 4.79 Å². The van der Waals surface area contributed by atoms with Crippen LogP contribution in [0.4, 0.5) is 0 Å². The third kappa shape index (κ3) is 18.0. The molecule has 2 unspecified atom stereocenters. The van der Waals surface area contributed by atoms with Crippen molar-refractivity contribution >= 4 is 21.9 Å². The third-order valence-corrected chi connectivity index (χ3v) is 6.64. The Morgan fingerprint density at radius 1 is 0.643 bits per heavy atom. The van der Waals surface area contributed by atoms with Gasteiger partial charge in [-0.05, 0) is 25.7 Å². The van der Waals surface area contributed by atoms with Crippen molar-refractivity contribution in [1.29, 1.82) is 0 Å². The van der Waals surface area contributed by atoms with Crippen LogP contribution in [0.2, 0.25) is 0 Å². The normalized spacial score (nSPS) is 13.4. The fraction of sp³-hybridized carbons (Fsp3) is 0.960. The van der Waals surface area contributed by atoms with Crippen LogP contribution in [0.15, 0.2) is 0 Å². The van der Waals surface area contributed by atoms with Gasteiger partial charge in [0.1, 0.15) is 6.10 Å². The largest absolute Gasteiger partial charge is 0.461 e. The highest BCUT2D eigenvalue weighted by molar-refractivity contribution is 9.09. The average molecular weight is 462 g/mol. The zero-order valence-electron chi connectivity index (χ0n) is 19.3. The van der Waals surface area contributed by atoms with E-state index in [1.165, 1.54) is 89.9 Å². The predicted molar refractivity (Wildman–Crippen MR) is 127 cm³/mol. The van der Waals surface area contributed by atoms with E-state index in [1.54, 1.807) is 0 Å². The summed E-state index contributed by atoms with van der Waals surface area (Å²) >= 11 is 3.86. The topological polar surface area (TPSA) is 26.3 Å². The molecule has 0 spiro atoms. The first-order chi connectivity index (χ1) is 13.7. The van der Waals surface area contributed by atoms with Crippen molar-refractivity contribution in [2.75, 3.05) is 0 Å². The van der Waals surface area contributed by atoms with Gasteiger partial charge >= 0.3 is 5.97 Å². The Bertz CT molecular complexity index is 333. The lowest BCUT2D eigenvalue weighted by atomic mass is 10.0. The standard InChI is InChI=1S/C25H49BrO2/c1-4-7-10-13-16-18-21-24(23(26)20-17-14-11-8-5-2)28-25(27)22-19-15-12-9-6-3/h23-24H,4-22H2,1-3H3. The van der Waals surface area contributed by atoms with Crippen molar-refractivity contribution in [2.24, 2.45) is 0 Å². The molecular weight excluding hydrogens is 412 g/mol. The molecular formula is C25H49BrO2. The SMILES string of the molecule is CCCCCCCCC(OC(=O)CCCCCCC)C(Br)CCCCCCC. The molecule has 0 saturated heterocycles. The van der Waals surface area contributed by atoms with Crippen LogP contribution in [-0.4, -0.2) is 16.9 Å². The van der Waals surface area contributed by atoms with Crippen molar-refractivity contribution in [3.63, 3.8) is 0 Å². The molecule has 2 nitrogen and oxygen atoms in total. The van der Waals surface area contributed by atoms with Gasteiger partial charge in [-0.15, -0.1) is 0 Å². The zero-order valence-corrected chi connectivity index (χ0v) is 20.9. The van der Waals surface area contributed by atoms with E-state index in [2.05, 4.69) is 36.7 Å². The molecule has 3 heteroatoms. The maximum atomic E-state index is 12.3. The Balaban J connectivity index is 4.22. The van der Waals surface area contributed by atoms with Gasteiger partial charge < -0.3 is 4.74 Å². The summed E-state index contributed by atoms with van der Waals surface area (Å²) in [7, 11) is 0. The van der Waals surface area contributed by atoms with Gasteiger partial charge in [-0.2, -0.15) is 0 Å². The lowest BCUT2D eigenvalue weighted by molar-refractivity contribution is -0.149. The van der Waals surface area contributed by atoms with Crippen LogP contribution < -0.4 is 0 Å². The summed E-state index contributed by atoms with van der Waals surface area (Å²) in [6.07, 6.45) is 22.9. The fourth-order valence-corrected chi connectivity index (χ4v) is 4.36. The number of halogens is 1. The van der Waals surface area contributed by atoms with Crippen molar-refractivity contribution in [2.45, 2.75) is 154 Å². The monoisotopic (exact) mass is 460 g/mol. The lowest BCUT2D eigenvalue weighted by Gasteiger charge is -2.23. The van der Waals surface area contributed by atoms with Crippen LogP contribution in [0.25, 0.3) is 0 Å². The van der Waals surface area contributed by atoms with Gasteiger partial charge in [0, 0.05) is 6.42 Å². The molecule has 0 aromatic heterocycles. The summed E-state index contributed by atoms with van der Waals surface area (Å²) in [6.45, 7) is 6.73. The molecule has 0 saturated carbocycles. The van der Waals surface area contributed by atoms with Crippen LogP contribution in [0.5, 0.6) is 0 Å². The maximum Gasteiger partial charge on any atom is 0.306 e. The van der Waals surface area contributed by atoms with Gasteiger partial charge in [0.05, 0.1) is 4.83 Å². The fourth-order valence-electron chi connectivity index (χ4n) is 3.67. The van der Waals surface area contributed by atoms with E-state index < -0.39 is 0 Å². The van der Waals surface area contributed by atoms with Crippen molar-refractivity contribution in [3.8, 4) is 0 Å². The molecule has 0 aliphatic carbocycles. The molecule has 0 aliphatic heterocycles. The van der Waals surface area contributed by atoms with Gasteiger partial charge in [0.25, 0.3) is 0 Å². The van der Waals surface area contributed by atoms with Crippen molar-refractivity contribution in [1.82, 2.24) is 0 Å². The smallest absolute Gasteiger partial charge is 0.306 e. The molecule has 0 heterocycles. The van der Waals surface area contributed by atoms with E-state index in [-0.39, 0.29) is 12.1 Å². The quantitative estimate of drug-likeness (QED) is 0.0967. The number of carbonyl (C=O) groups excluding carboxylic acids is 1. The number of hydrogen-bond acceptors (Lipinski definition) is 2. The minimum Gasteiger partial charge on any atom is -0.461 e. The molecule has 0 bridgehead atoms. The molecule has 168 valence electrons. The number of hydrogen-bond donors (Lipinski definition) is 0. The molecule has 0 radical (unpaired) electrons. The maximum absolute atomic E-state index is 12.3. The van der Waals surface area contributed by atoms with Crippen LogP contribution in [0, 0.1) is 0 Å². The molecule has 28 heavy (non-hydrogen) atoms. The molecule has 0 rings (SSSR count). The molecule has 0 N–H and O–H groups in total. The van der Waals surface area contributed by atoms with E-state index in [1.807, 2.05) is 0 Å². The summed E-state index contributed by atoms with van der Waals surface area (Å²) in [6, 6.07) is 0. The Kier molecular flexibility index (Phi) is 21.6. The molecule has 0 amide bonds. The predicted octanol–water partition coefficient (Wildman–Crippen LogP) is 9.13. The van der Waals surface area contributed by atoms with E-state index in [0.717, 1.165) is 25.7 Å². The Morgan fingerprint density at radius 3 is 1.61 bits per heavy atom. The molecule has 0 aliphatic rings. The molecule has 2 atom stereocenters. The summed E-state index contributed by atoms with van der Waals surface area (Å²) in [5.41, 5.74) is 0. The molecule has 0 fully saturated rings. The number of esters is 1. The summed E-state index contributed by atoms with van der Waals surface area (Å²) in [5, 5.41) is 0. The van der Waals surface area contributed by atoms with E-state index in [4.69, 9.17) is 4.74 Å². The second-order valence-electron chi connectivity index (χ2n) is 8.47. The second kappa shape index (κ2) is 21.7. The first-order valence-electron chi connectivity index (χ1n) is 12.5. The van der Waals surface area contributed by atoms with Gasteiger partial charge in [-0.25, -0.2) is 0 Å². The van der Waals surface area contributed by atoms with E-state index in [0.29, 0.717) is 11.2 Å². The summed E-state index contributed by atoms with van der Waals surface area (Å²) < 4.78 is 5.94. The minimum absolute atomic E-state index is 0.0166. The van der Waals surface area contributed by atoms with Gasteiger partial charge in [0.2, 0.25) is 0 Å². The highest BCUT2D eigenvalue weighted by Gasteiger charge is 2.22. The first kappa shape index (κ1) is 27.9. The number of unbranched alkanes of at least 4 members (excludes halogenated alkanes) is 13. The van der Waals surface area contributed by atoms with E-state index >= 15 is 0 Å². The highest BCUT2D eigenvalue weighted by Crippen LogP contribution is 2.23. The first-order valence-corrected chi connectivity index (χ1v) is 13.4. The summed E-state index contributed by atoms with van der Waals surface area (Å²) in [4.78, 5) is 12.7. The Morgan fingerprint density at radius 2 is 1.07 bits per heavy atom. The molecule has 0 aromatic rings. The van der Waals surface area contributed by atoms with Crippen molar-refractivity contribution in [3.05, 3.63) is 0 Å². The van der Waals surface area contributed by atoms with Gasteiger partial charge in [0.15, 0.2) is 0 Å². The third-order valence-electron chi connectivity index (χ3n) is 5.60. The van der Waals surface area contributed by atoms with Crippen LogP contribution >= 0.6 is 15.9 Å². The van der Waals surface area contributed by atoms with Crippen molar-refractivity contribution < 1.29 is 9.53 Å². The average Bonchev–Trinajstić information content (AvgIpc) is 2.69. The lowest BCUT2D eigenvalue weighted by Crippen LogP contribution is -2.27. The van der Waals surface area contributed by atoms with Crippen LogP contribution in [-0.2, 0) is 9.53 Å². The summed E-state index contributed by atoms with van der Waals surface area (Å²) in [5.74, 6) is 0.0166. The number of alkyl halides is 1. The second-order valence-corrected chi connectivity index (χ2v) is 9.64. The Hall–Kier alpha value is -0.0500. The number of ether oxygens (including phenoxy) is 1. The van der Waals surface area contributed by atoms with E-state index in [9.17, 15) is 4.79 Å². The van der Waals surface area contributed by atoms with Gasteiger partial charge in [-0.1, -0.05) is 127 Å². The number of rotatable bonds is 21. The molecule has 0 aromatic carbocycles. The van der Waals surface area contributed by atoms with Crippen LogP contribution in [0.1, 0.15) is 143 Å². The zero-order chi connectivity index (χ0) is 20.9. The minimum atomic E-state index is 0.0166. The Labute approximate surface area is 185 Å². The number of carbonyl (C=O) groups is 1. The van der Waals surface area contributed by atoms with Crippen LogP contribution in [0.3, 0.4) is 0 Å².